The highest BCUT2D eigenvalue weighted by Crippen LogP contribution is 2.25. The second-order valence-corrected chi connectivity index (χ2v) is 5.60. The fraction of sp³-hybridized carbons (Fsp3) is 0.133. The van der Waals surface area contributed by atoms with E-state index in [0.29, 0.717) is 23.0 Å². The first-order valence-electron chi connectivity index (χ1n) is 6.25. The molecule has 0 atom stereocenters. The lowest BCUT2D eigenvalue weighted by Crippen LogP contribution is -2.20. The number of nitrogens with one attached hydrogen (secondary N) is 1. The quantitative estimate of drug-likeness (QED) is 0.846. The van der Waals surface area contributed by atoms with Crippen molar-refractivity contribution in [2.45, 2.75) is 6.54 Å². The number of carbonyl (C=O) groups excluding carboxylic acids is 1. The van der Waals surface area contributed by atoms with Gasteiger partial charge in [-0.15, -0.1) is 0 Å². The Labute approximate surface area is 136 Å². The summed E-state index contributed by atoms with van der Waals surface area (Å²) >= 11 is 9.17. The van der Waals surface area contributed by atoms with Crippen molar-refractivity contribution >= 4 is 39.1 Å². The summed E-state index contributed by atoms with van der Waals surface area (Å²) in [5, 5.41) is 3.34. The van der Waals surface area contributed by atoms with Crippen LogP contribution in [0.25, 0.3) is 0 Å². The van der Waals surface area contributed by atoms with Crippen LogP contribution in [0, 0.1) is 0 Å². The number of halogens is 2. The third-order valence-electron chi connectivity index (χ3n) is 2.72. The Kier molecular flexibility index (Phi) is 5.61. The summed E-state index contributed by atoms with van der Waals surface area (Å²) in [4.78, 5) is 11.8. The highest BCUT2D eigenvalue weighted by Gasteiger charge is 2.07. The topological polar surface area (TPSA) is 64.3 Å². The molecule has 0 aliphatic carbocycles. The normalized spacial score (nSPS) is 10.2. The number of rotatable bonds is 5. The molecule has 0 radical (unpaired) electrons. The van der Waals surface area contributed by atoms with E-state index in [1.54, 1.807) is 30.3 Å². The van der Waals surface area contributed by atoms with Crippen LogP contribution in [0.2, 0.25) is 5.02 Å². The second-order valence-electron chi connectivity index (χ2n) is 4.31. The first-order chi connectivity index (χ1) is 10.1. The zero-order chi connectivity index (χ0) is 15.2. The van der Waals surface area contributed by atoms with Crippen LogP contribution in [0.4, 0.5) is 5.69 Å². The van der Waals surface area contributed by atoms with E-state index in [1.165, 1.54) is 0 Å². The summed E-state index contributed by atoms with van der Waals surface area (Å²) in [6.07, 6.45) is 0. The fourth-order valence-electron chi connectivity index (χ4n) is 1.66. The molecule has 0 saturated heterocycles. The SMILES string of the molecule is NCc1ccc(OCC(=O)Nc2ccc(Cl)cc2)c(Br)c1. The van der Waals surface area contributed by atoms with E-state index in [2.05, 4.69) is 21.2 Å². The molecular formula is C15H14BrClN2O2. The van der Waals surface area contributed by atoms with Gasteiger partial charge < -0.3 is 15.8 Å². The molecule has 2 aromatic carbocycles. The van der Waals surface area contributed by atoms with Crippen LogP contribution in [0.1, 0.15) is 5.56 Å². The van der Waals surface area contributed by atoms with Crippen LogP contribution in [-0.2, 0) is 11.3 Å². The third-order valence-corrected chi connectivity index (χ3v) is 3.59. The highest BCUT2D eigenvalue weighted by atomic mass is 79.9. The van der Waals surface area contributed by atoms with Crippen molar-refractivity contribution in [2.75, 3.05) is 11.9 Å². The minimum atomic E-state index is -0.243. The van der Waals surface area contributed by atoms with Crippen molar-refractivity contribution in [3.8, 4) is 5.75 Å². The molecule has 2 rings (SSSR count). The lowest BCUT2D eigenvalue weighted by atomic mass is 10.2. The van der Waals surface area contributed by atoms with E-state index in [4.69, 9.17) is 22.1 Å². The van der Waals surface area contributed by atoms with Crippen LogP contribution >= 0.6 is 27.5 Å². The Balaban J connectivity index is 1.90. The number of benzene rings is 2. The van der Waals surface area contributed by atoms with Gasteiger partial charge in [-0.25, -0.2) is 0 Å². The molecule has 2 aromatic rings. The van der Waals surface area contributed by atoms with Crippen LogP contribution in [0.15, 0.2) is 46.9 Å². The molecule has 0 fully saturated rings. The molecule has 110 valence electrons. The van der Waals surface area contributed by atoms with Crippen molar-refractivity contribution in [3.05, 3.63) is 57.5 Å². The van der Waals surface area contributed by atoms with Gasteiger partial charge in [-0.2, -0.15) is 0 Å². The summed E-state index contributed by atoms with van der Waals surface area (Å²) < 4.78 is 6.24. The Bertz CT molecular complexity index is 632. The minimum absolute atomic E-state index is 0.0802. The largest absolute Gasteiger partial charge is 0.483 e. The molecule has 0 aliphatic rings. The zero-order valence-electron chi connectivity index (χ0n) is 11.1. The first-order valence-corrected chi connectivity index (χ1v) is 7.42. The van der Waals surface area contributed by atoms with Crippen LogP contribution in [-0.4, -0.2) is 12.5 Å². The van der Waals surface area contributed by atoms with Gasteiger partial charge in [0, 0.05) is 17.3 Å². The number of amides is 1. The van der Waals surface area contributed by atoms with Crippen molar-refractivity contribution in [1.82, 2.24) is 0 Å². The predicted molar refractivity (Wildman–Crippen MR) is 87.6 cm³/mol. The number of nitrogens with two attached hydrogens (primary N) is 1. The van der Waals surface area contributed by atoms with Gasteiger partial charge in [-0.1, -0.05) is 17.7 Å². The van der Waals surface area contributed by atoms with E-state index < -0.39 is 0 Å². The number of anilines is 1. The summed E-state index contributed by atoms with van der Waals surface area (Å²) in [7, 11) is 0. The van der Waals surface area contributed by atoms with Crippen molar-refractivity contribution in [2.24, 2.45) is 5.73 Å². The molecule has 0 heterocycles. The van der Waals surface area contributed by atoms with Crippen molar-refractivity contribution in [3.63, 3.8) is 0 Å². The van der Waals surface area contributed by atoms with Gasteiger partial charge in [-0.05, 0) is 57.9 Å². The smallest absolute Gasteiger partial charge is 0.262 e. The standard InChI is InChI=1S/C15H14BrClN2O2/c16-13-7-10(8-18)1-6-14(13)21-9-15(20)19-12-4-2-11(17)3-5-12/h1-7H,8-9,18H2,(H,19,20). The predicted octanol–water partition coefficient (Wildman–Crippen LogP) is 3.58. The zero-order valence-corrected chi connectivity index (χ0v) is 13.4. The monoisotopic (exact) mass is 368 g/mol. The molecule has 3 N–H and O–H groups in total. The molecule has 0 aromatic heterocycles. The number of hydrogen-bond donors (Lipinski definition) is 2. The Hall–Kier alpha value is -1.56. The van der Waals surface area contributed by atoms with Crippen LogP contribution < -0.4 is 15.8 Å². The van der Waals surface area contributed by atoms with Gasteiger partial charge in [0.2, 0.25) is 0 Å². The molecule has 6 heteroatoms. The van der Waals surface area contributed by atoms with Gasteiger partial charge in [0.15, 0.2) is 6.61 Å². The van der Waals surface area contributed by atoms with Gasteiger partial charge >= 0.3 is 0 Å². The highest BCUT2D eigenvalue weighted by molar-refractivity contribution is 9.10. The van der Waals surface area contributed by atoms with Gasteiger partial charge in [-0.3, -0.25) is 4.79 Å². The summed E-state index contributed by atoms with van der Waals surface area (Å²) in [5.41, 5.74) is 7.21. The molecular weight excluding hydrogens is 356 g/mol. The molecule has 1 amide bonds. The van der Waals surface area contributed by atoms with E-state index in [9.17, 15) is 4.79 Å². The Morgan fingerprint density at radius 3 is 2.57 bits per heavy atom. The maximum absolute atomic E-state index is 11.8. The van der Waals surface area contributed by atoms with Crippen molar-refractivity contribution in [1.29, 1.82) is 0 Å². The number of carbonyl (C=O) groups is 1. The van der Waals surface area contributed by atoms with E-state index in [0.717, 1.165) is 10.0 Å². The lowest BCUT2D eigenvalue weighted by Gasteiger charge is -2.10. The molecule has 0 unspecified atom stereocenters. The van der Waals surface area contributed by atoms with Gasteiger partial charge in [0.25, 0.3) is 5.91 Å². The molecule has 0 bridgehead atoms. The van der Waals surface area contributed by atoms with Crippen LogP contribution in [0.3, 0.4) is 0 Å². The maximum Gasteiger partial charge on any atom is 0.262 e. The van der Waals surface area contributed by atoms with Crippen LogP contribution in [0.5, 0.6) is 5.75 Å². The minimum Gasteiger partial charge on any atom is -0.483 e. The molecule has 0 saturated carbocycles. The summed E-state index contributed by atoms with van der Waals surface area (Å²) in [6, 6.07) is 12.4. The van der Waals surface area contributed by atoms with Gasteiger partial charge in [0.1, 0.15) is 5.75 Å². The number of ether oxygens (including phenoxy) is 1. The van der Waals surface area contributed by atoms with E-state index in [-0.39, 0.29) is 12.5 Å². The van der Waals surface area contributed by atoms with Gasteiger partial charge in [0.05, 0.1) is 4.47 Å². The van der Waals surface area contributed by atoms with E-state index >= 15 is 0 Å². The molecule has 21 heavy (non-hydrogen) atoms. The Morgan fingerprint density at radius 2 is 1.95 bits per heavy atom. The first kappa shape index (κ1) is 15.8. The lowest BCUT2D eigenvalue weighted by molar-refractivity contribution is -0.118. The molecule has 0 aliphatic heterocycles. The number of hydrogen-bond acceptors (Lipinski definition) is 3. The fourth-order valence-corrected chi connectivity index (χ4v) is 2.33. The second kappa shape index (κ2) is 7.45. The summed E-state index contributed by atoms with van der Waals surface area (Å²) in [5.74, 6) is 0.352. The molecule has 0 spiro atoms. The molecule has 4 nitrogen and oxygen atoms in total. The average Bonchev–Trinajstić information content (AvgIpc) is 2.48. The third kappa shape index (κ3) is 4.74. The maximum atomic E-state index is 11.8. The average molecular weight is 370 g/mol. The van der Waals surface area contributed by atoms with Crippen molar-refractivity contribution < 1.29 is 9.53 Å². The summed E-state index contributed by atoms with van der Waals surface area (Å²) in [6.45, 7) is 0.374. The Morgan fingerprint density at radius 1 is 1.24 bits per heavy atom. The van der Waals surface area contributed by atoms with E-state index in [1.807, 2.05) is 12.1 Å².